The molecule has 0 aromatic carbocycles. The van der Waals surface area contributed by atoms with Crippen LogP contribution in [-0.4, -0.2) is 26.5 Å². The van der Waals surface area contributed by atoms with E-state index in [2.05, 4.69) is 25.7 Å². The molecule has 0 spiro atoms. The van der Waals surface area contributed by atoms with Gasteiger partial charge in [-0.2, -0.15) is 0 Å². The minimum Gasteiger partial charge on any atom is -0.494 e. The van der Waals surface area contributed by atoms with E-state index in [0.717, 1.165) is 6.07 Å². The summed E-state index contributed by atoms with van der Waals surface area (Å²) in [5.41, 5.74) is 0. The van der Waals surface area contributed by atoms with Crippen LogP contribution in [-0.2, 0) is 4.79 Å². The topological polar surface area (TPSA) is 82.5 Å². The van der Waals surface area contributed by atoms with Crippen LogP contribution in [0.15, 0.2) is 6.07 Å². The largest absolute Gasteiger partial charge is 0.494 e. The molecule has 66 valence electrons. The van der Waals surface area contributed by atoms with E-state index < -0.39 is 5.97 Å². The molecule has 1 aromatic rings. The molecule has 6 heteroatoms. The van der Waals surface area contributed by atoms with Gasteiger partial charge in [0, 0.05) is 6.07 Å². The highest BCUT2D eigenvalue weighted by Gasteiger charge is 2.10. The standard InChI is InChI=1S/C6H6BrNO4/c7-2-5(10)12-3-1-4(9)8-6(3)11/h1,8-9,11H,2H2. The quantitative estimate of drug-likeness (QED) is 0.522. The van der Waals surface area contributed by atoms with Crippen molar-refractivity contribution < 1.29 is 19.7 Å². The average Bonchev–Trinajstić information content (AvgIpc) is 2.30. The maximum absolute atomic E-state index is 10.7. The minimum absolute atomic E-state index is 0.0262. The van der Waals surface area contributed by atoms with Gasteiger partial charge in [0.25, 0.3) is 0 Å². The maximum atomic E-state index is 10.7. The fourth-order valence-electron chi connectivity index (χ4n) is 0.639. The van der Waals surface area contributed by atoms with Crippen molar-refractivity contribution in [1.29, 1.82) is 0 Å². The highest BCUT2D eigenvalue weighted by molar-refractivity contribution is 9.09. The van der Waals surface area contributed by atoms with Gasteiger partial charge in [-0.1, -0.05) is 15.9 Å². The summed E-state index contributed by atoms with van der Waals surface area (Å²) in [5, 5.41) is 17.8. The first-order valence-electron chi connectivity index (χ1n) is 3.01. The molecule has 0 atom stereocenters. The van der Waals surface area contributed by atoms with Crippen molar-refractivity contribution in [3.8, 4) is 17.5 Å². The Hall–Kier alpha value is -1.17. The molecule has 1 rings (SSSR count). The number of aromatic amines is 1. The Morgan fingerprint density at radius 2 is 2.33 bits per heavy atom. The van der Waals surface area contributed by atoms with E-state index in [1.807, 2.05) is 0 Å². The number of carbonyl (C=O) groups excluding carboxylic acids is 1. The van der Waals surface area contributed by atoms with Gasteiger partial charge in [0.05, 0.1) is 0 Å². The molecule has 1 aromatic heterocycles. The van der Waals surface area contributed by atoms with Gasteiger partial charge in [0.15, 0.2) is 11.6 Å². The fourth-order valence-corrected chi connectivity index (χ4v) is 0.754. The number of carbonyl (C=O) groups is 1. The average molecular weight is 236 g/mol. The summed E-state index contributed by atoms with van der Waals surface area (Å²) >= 11 is 2.87. The van der Waals surface area contributed by atoms with Crippen molar-refractivity contribution in [2.45, 2.75) is 0 Å². The Morgan fingerprint density at radius 1 is 1.67 bits per heavy atom. The lowest BCUT2D eigenvalue weighted by molar-refractivity contribution is -0.131. The molecular weight excluding hydrogens is 230 g/mol. The van der Waals surface area contributed by atoms with E-state index in [-0.39, 0.29) is 22.8 Å². The normalized spacial score (nSPS) is 9.75. The van der Waals surface area contributed by atoms with Crippen LogP contribution in [0, 0.1) is 0 Å². The zero-order valence-corrected chi connectivity index (χ0v) is 7.46. The van der Waals surface area contributed by atoms with Crippen molar-refractivity contribution in [2.24, 2.45) is 0 Å². The lowest BCUT2D eigenvalue weighted by Gasteiger charge is -1.97. The first kappa shape index (κ1) is 8.92. The second-order valence-electron chi connectivity index (χ2n) is 1.98. The van der Waals surface area contributed by atoms with Crippen LogP contribution in [0.5, 0.6) is 17.5 Å². The number of halogens is 1. The van der Waals surface area contributed by atoms with Crippen LogP contribution in [0.2, 0.25) is 0 Å². The molecule has 12 heavy (non-hydrogen) atoms. The molecule has 0 amide bonds. The Bertz CT molecular complexity index is 296. The number of H-pyrrole nitrogens is 1. The smallest absolute Gasteiger partial charge is 0.322 e. The van der Waals surface area contributed by atoms with Crippen molar-refractivity contribution in [3.05, 3.63) is 6.07 Å². The number of esters is 1. The van der Waals surface area contributed by atoms with Crippen LogP contribution < -0.4 is 4.74 Å². The molecule has 0 aliphatic carbocycles. The fraction of sp³-hybridized carbons (Fsp3) is 0.167. The van der Waals surface area contributed by atoms with E-state index in [0.29, 0.717) is 0 Å². The minimum atomic E-state index is -0.552. The molecule has 0 bridgehead atoms. The third kappa shape index (κ3) is 1.91. The molecule has 0 unspecified atom stereocenters. The van der Waals surface area contributed by atoms with Gasteiger partial charge >= 0.3 is 5.97 Å². The van der Waals surface area contributed by atoms with Gasteiger partial charge in [-0.3, -0.25) is 9.78 Å². The molecular formula is C6H6BrNO4. The number of nitrogens with one attached hydrogen (secondary N) is 1. The maximum Gasteiger partial charge on any atom is 0.322 e. The van der Waals surface area contributed by atoms with E-state index in [1.54, 1.807) is 0 Å². The molecule has 0 saturated carbocycles. The molecule has 0 saturated heterocycles. The summed E-state index contributed by atoms with van der Waals surface area (Å²) < 4.78 is 4.59. The first-order valence-corrected chi connectivity index (χ1v) is 4.13. The van der Waals surface area contributed by atoms with Crippen molar-refractivity contribution in [1.82, 2.24) is 4.98 Å². The second kappa shape index (κ2) is 3.48. The number of hydrogen-bond donors (Lipinski definition) is 3. The highest BCUT2D eigenvalue weighted by Crippen LogP contribution is 2.29. The number of alkyl halides is 1. The van der Waals surface area contributed by atoms with Gasteiger partial charge < -0.3 is 14.9 Å². The zero-order chi connectivity index (χ0) is 9.14. The highest BCUT2D eigenvalue weighted by atomic mass is 79.9. The van der Waals surface area contributed by atoms with Crippen molar-refractivity contribution in [2.75, 3.05) is 5.33 Å². The molecule has 0 radical (unpaired) electrons. The predicted octanol–water partition coefficient (Wildman–Crippen LogP) is 0.726. The molecule has 5 nitrogen and oxygen atoms in total. The second-order valence-corrected chi connectivity index (χ2v) is 2.54. The Morgan fingerprint density at radius 3 is 2.75 bits per heavy atom. The SMILES string of the molecule is O=C(CBr)Oc1cc(O)[nH]c1O. The van der Waals surface area contributed by atoms with Gasteiger partial charge in [-0.25, -0.2) is 0 Å². The van der Waals surface area contributed by atoms with E-state index >= 15 is 0 Å². The van der Waals surface area contributed by atoms with Gasteiger partial charge in [0.2, 0.25) is 5.88 Å². The monoisotopic (exact) mass is 235 g/mol. The predicted molar refractivity (Wildman–Crippen MR) is 43.6 cm³/mol. The van der Waals surface area contributed by atoms with Crippen LogP contribution in [0.25, 0.3) is 0 Å². The van der Waals surface area contributed by atoms with Crippen LogP contribution in [0.4, 0.5) is 0 Å². The summed E-state index contributed by atoms with van der Waals surface area (Å²) in [6.45, 7) is 0. The zero-order valence-electron chi connectivity index (χ0n) is 5.87. The number of aromatic hydroxyl groups is 2. The van der Waals surface area contributed by atoms with E-state index in [9.17, 15) is 4.79 Å². The number of aromatic nitrogens is 1. The van der Waals surface area contributed by atoms with E-state index in [1.165, 1.54) is 0 Å². The van der Waals surface area contributed by atoms with Crippen LogP contribution in [0.3, 0.4) is 0 Å². The number of hydrogen-bond acceptors (Lipinski definition) is 4. The summed E-state index contributed by atoms with van der Waals surface area (Å²) in [6, 6.07) is 1.11. The Kier molecular flexibility index (Phi) is 2.59. The molecule has 0 aliphatic rings. The van der Waals surface area contributed by atoms with E-state index in [4.69, 9.17) is 10.2 Å². The molecule has 0 fully saturated rings. The third-order valence-electron chi connectivity index (χ3n) is 1.08. The lowest BCUT2D eigenvalue weighted by atomic mass is 10.5. The van der Waals surface area contributed by atoms with Crippen LogP contribution in [0.1, 0.15) is 0 Å². The first-order chi connectivity index (χ1) is 5.63. The Labute approximate surface area is 76.1 Å². The summed E-state index contributed by atoms with van der Waals surface area (Å²) in [5.74, 6) is -1.27. The summed E-state index contributed by atoms with van der Waals surface area (Å²) in [4.78, 5) is 12.8. The van der Waals surface area contributed by atoms with Gasteiger partial charge in [-0.15, -0.1) is 0 Å². The van der Waals surface area contributed by atoms with Gasteiger partial charge in [-0.05, 0) is 0 Å². The lowest BCUT2D eigenvalue weighted by Crippen LogP contribution is -2.07. The number of ether oxygens (including phenoxy) is 1. The van der Waals surface area contributed by atoms with Gasteiger partial charge in [0.1, 0.15) is 5.33 Å². The molecule has 1 heterocycles. The Balaban J connectivity index is 2.75. The summed E-state index contributed by atoms with van der Waals surface area (Å²) in [6.07, 6.45) is 0. The third-order valence-corrected chi connectivity index (χ3v) is 1.54. The van der Waals surface area contributed by atoms with Crippen molar-refractivity contribution >= 4 is 21.9 Å². The molecule has 3 N–H and O–H groups in total. The van der Waals surface area contributed by atoms with Crippen molar-refractivity contribution in [3.63, 3.8) is 0 Å². The molecule has 0 aliphatic heterocycles. The number of rotatable bonds is 2. The summed E-state index contributed by atoms with van der Waals surface area (Å²) in [7, 11) is 0. The van der Waals surface area contributed by atoms with Crippen LogP contribution >= 0.6 is 15.9 Å².